The van der Waals surface area contributed by atoms with E-state index in [1.54, 1.807) is 20.8 Å². The molecule has 1 saturated heterocycles. The molecule has 1 aromatic heterocycles. The van der Waals surface area contributed by atoms with Gasteiger partial charge in [0, 0.05) is 24.3 Å². The normalized spacial score (nSPS) is 19.5. The first-order chi connectivity index (χ1) is 24.8. The molecule has 15 nitrogen and oxygen atoms in total. The maximum Gasteiger partial charge on any atom is 0.422 e. The van der Waals surface area contributed by atoms with Gasteiger partial charge >= 0.3 is 18.3 Å². The SMILES string of the molecule is CC(C)(C)OC(=O)N1CCCC1C(=O)NS(=O)(=O)CCNC(=O)c1ccc(Nc2nc(NC3(C4=CCC(Cl)C=C4)CC3)nc(OCC(F)(F)F)n2)cc1. The van der Waals surface area contributed by atoms with Crippen molar-refractivity contribution in [3.8, 4) is 6.01 Å². The van der Waals surface area contributed by atoms with Crippen molar-refractivity contribution in [1.29, 1.82) is 0 Å². The van der Waals surface area contributed by atoms with Crippen LogP contribution in [0, 0.1) is 0 Å². The summed E-state index contributed by atoms with van der Waals surface area (Å²) in [4.78, 5) is 51.5. The Morgan fingerprint density at radius 2 is 1.75 bits per heavy atom. The second-order valence-corrected chi connectivity index (χ2v) is 16.1. The Balaban J connectivity index is 1.16. The van der Waals surface area contributed by atoms with Crippen molar-refractivity contribution >= 4 is 57.1 Å². The molecule has 0 radical (unpaired) electrons. The molecule has 1 saturated carbocycles. The average molecular weight is 785 g/mol. The van der Waals surface area contributed by atoms with Gasteiger partial charge in [0.25, 0.3) is 11.8 Å². The molecule has 20 heteroatoms. The predicted molar refractivity (Wildman–Crippen MR) is 188 cm³/mol. The Labute approximate surface area is 309 Å². The number of benzene rings is 1. The Kier molecular flexibility index (Phi) is 11.8. The summed E-state index contributed by atoms with van der Waals surface area (Å²) >= 11 is 6.16. The van der Waals surface area contributed by atoms with E-state index in [9.17, 15) is 36.0 Å². The minimum absolute atomic E-state index is 0.00905. The number of anilines is 3. The molecule has 4 N–H and O–H groups in total. The number of carbonyl (C=O) groups is 3. The summed E-state index contributed by atoms with van der Waals surface area (Å²) < 4.78 is 76.1. The first kappa shape index (κ1) is 39.6. The lowest BCUT2D eigenvalue weighted by atomic mass is 9.98. The molecule has 2 aliphatic carbocycles. The number of allylic oxidation sites excluding steroid dienone is 2. The Morgan fingerprint density at radius 3 is 2.38 bits per heavy atom. The van der Waals surface area contributed by atoms with Gasteiger partial charge in [-0.25, -0.2) is 13.2 Å². The van der Waals surface area contributed by atoms with E-state index in [1.165, 1.54) is 29.2 Å². The first-order valence-electron chi connectivity index (χ1n) is 16.8. The number of carbonyl (C=O) groups excluding carboxylic acids is 3. The van der Waals surface area contributed by atoms with Gasteiger partial charge in [-0.05, 0) is 82.7 Å². The number of nitrogens with one attached hydrogen (secondary N) is 4. The fourth-order valence-corrected chi connectivity index (χ4v) is 6.62. The average Bonchev–Trinajstić information content (AvgIpc) is 3.65. The third-order valence-corrected chi connectivity index (χ3v) is 9.76. The zero-order valence-electron chi connectivity index (χ0n) is 29.1. The molecule has 5 rings (SSSR count). The number of nitrogens with zero attached hydrogens (tertiary/aromatic N) is 4. The van der Waals surface area contributed by atoms with Crippen molar-refractivity contribution in [2.75, 3.05) is 36.1 Å². The third kappa shape index (κ3) is 11.4. The van der Waals surface area contributed by atoms with E-state index in [-0.39, 0.29) is 42.3 Å². The lowest BCUT2D eigenvalue weighted by Crippen LogP contribution is -2.49. The van der Waals surface area contributed by atoms with Gasteiger partial charge in [0.15, 0.2) is 6.61 Å². The number of likely N-dealkylation sites (tertiary alicyclic amines) is 1. The van der Waals surface area contributed by atoms with Crippen LogP contribution < -0.4 is 25.4 Å². The maximum absolute atomic E-state index is 12.9. The van der Waals surface area contributed by atoms with Gasteiger partial charge in [-0.1, -0.05) is 18.2 Å². The maximum atomic E-state index is 12.9. The number of rotatable bonds is 13. The zero-order chi connectivity index (χ0) is 38.6. The van der Waals surface area contributed by atoms with Crippen molar-refractivity contribution in [3.63, 3.8) is 0 Å². The molecule has 3 amide bonds. The van der Waals surface area contributed by atoms with E-state index in [4.69, 9.17) is 21.1 Å². The quantitative estimate of drug-likeness (QED) is 0.207. The van der Waals surface area contributed by atoms with Crippen LogP contribution in [0.2, 0.25) is 0 Å². The molecule has 2 atom stereocenters. The van der Waals surface area contributed by atoms with Gasteiger partial charge in [0.2, 0.25) is 21.9 Å². The molecule has 1 aliphatic heterocycles. The fourth-order valence-electron chi connectivity index (χ4n) is 5.54. The third-order valence-electron chi connectivity index (χ3n) is 8.18. The summed E-state index contributed by atoms with van der Waals surface area (Å²) in [5, 5.41) is 8.43. The number of hydrogen-bond donors (Lipinski definition) is 4. The Morgan fingerprint density at radius 1 is 1.06 bits per heavy atom. The highest BCUT2D eigenvalue weighted by Crippen LogP contribution is 2.46. The van der Waals surface area contributed by atoms with Crippen molar-refractivity contribution in [2.45, 2.75) is 81.6 Å². The highest BCUT2D eigenvalue weighted by molar-refractivity contribution is 7.90. The van der Waals surface area contributed by atoms with E-state index in [0.717, 1.165) is 18.4 Å². The molecule has 0 bridgehead atoms. The monoisotopic (exact) mass is 784 g/mol. The molecule has 288 valence electrons. The van der Waals surface area contributed by atoms with E-state index >= 15 is 0 Å². The highest BCUT2D eigenvalue weighted by Gasteiger charge is 2.46. The van der Waals surface area contributed by atoms with E-state index in [1.807, 2.05) is 23.0 Å². The van der Waals surface area contributed by atoms with Crippen LogP contribution in [0.4, 0.5) is 35.5 Å². The van der Waals surface area contributed by atoms with Gasteiger partial charge in [-0.15, -0.1) is 11.6 Å². The Hall–Kier alpha value is -4.65. The minimum Gasteiger partial charge on any atom is -0.454 e. The van der Waals surface area contributed by atoms with Crippen LogP contribution in [-0.4, -0.2) is 100 Å². The molecule has 0 spiro atoms. The number of aromatic nitrogens is 3. The second-order valence-electron chi connectivity index (χ2n) is 13.7. The molecule has 53 heavy (non-hydrogen) atoms. The molecular weight excluding hydrogens is 745 g/mol. The van der Waals surface area contributed by atoms with Crippen LogP contribution in [0.5, 0.6) is 6.01 Å². The molecule has 2 aromatic rings. The Bertz CT molecular complexity index is 1870. The largest absolute Gasteiger partial charge is 0.454 e. The zero-order valence-corrected chi connectivity index (χ0v) is 30.7. The molecule has 2 heterocycles. The number of sulfonamides is 1. The summed E-state index contributed by atoms with van der Waals surface area (Å²) in [7, 11) is -4.17. The summed E-state index contributed by atoms with van der Waals surface area (Å²) in [6.07, 6.45) is 3.29. The standard InChI is InChI=1S/C33H40ClF3N8O7S/c1-31(2,3)52-30(48)45-17-4-5-24(45)26(47)44-53(49,50)18-16-38-25(46)20-6-12-23(13-7-20)39-27-40-28(42-29(41-27)51-19-33(35,36)37)43-32(14-15-32)21-8-10-22(34)11-9-21/h6-10,12-13,22,24H,4-5,11,14-19H2,1-3H3,(H,38,46)(H,44,47)(H2,39,40,41,42,43). The first-order valence-corrected chi connectivity index (χ1v) is 18.8. The highest BCUT2D eigenvalue weighted by atomic mass is 35.5. The van der Waals surface area contributed by atoms with Crippen molar-refractivity contribution in [2.24, 2.45) is 0 Å². The van der Waals surface area contributed by atoms with Crippen LogP contribution >= 0.6 is 11.6 Å². The summed E-state index contributed by atoms with van der Waals surface area (Å²) in [5.74, 6) is -2.22. The van der Waals surface area contributed by atoms with E-state index in [2.05, 4.69) is 30.9 Å². The topological polar surface area (TPSA) is 194 Å². The van der Waals surface area contributed by atoms with Gasteiger partial charge < -0.3 is 25.4 Å². The van der Waals surface area contributed by atoms with Crippen LogP contribution in [0.3, 0.4) is 0 Å². The number of halogens is 4. The van der Waals surface area contributed by atoms with Crippen LogP contribution in [0.25, 0.3) is 0 Å². The van der Waals surface area contributed by atoms with Crippen LogP contribution in [0.15, 0.2) is 48.1 Å². The molecular formula is C33H40ClF3N8O7S. The van der Waals surface area contributed by atoms with Gasteiger partial charge in [-0.2, -0.15) is 28.1 Å². The lowest BCUT2D eigenvalue weighted by molar-refractivity contribution is -0.154. The van der Waals surface area contributed by atoms with Crippen LogP contribution in [-0.2, 0) is 19.6 Å². The lowest BCUT2D eigenvalue weighted by Gasteiger charge is -2.27. The van der Waals surface area contributed by atoms with Crippen LogP contribution in [0.1, 0.15) is 63.2 Å². The number of ether oxygens (including phenoxy) is 2. The fraction of sp³-hybridized carbons (Fsp3) is 0.515. The summed E-state index contributed by atoms with van der Waals surface area (Å²) in [5.41, 5.74) is 0.192. The number of alkyl halides is 4. The second kappa shape index (κ2) is 15.8. The summed E-state index contributed by atoms with van der Waals surface area (Å²) in [6, 6.07) is 4.25. The van der Waals surface area contributed by atoms with E-state index < -0.39 is 69.7 Å². The summed E-state index contributed by atoms with van der Waals surface area (Å²) in [6.45, 7) is 3.34. The van der Waals surface area contributed by atoms with Gasteiger partial charge in [-0.3, -0.25) is 19.2 Å². The van der Waals surface area contributed by atoms with Crippen molar-refractivity contribution in [3.05, 3.63) is 53.6 Å². The predicted octanol–water partition coefficient (Wildman–Crippen LogP) is 4.57. The van der Waals surface area contributed by atoms with Gasteiger partial charge in [0.1, 0.15) is 11.6 Å². The van der Waals surface area contributed by atoms with E-state index in [0.29, 0.717) is 18.5 Å². The molecule has 1 aromatic carbocycles. The molecule has 3 aliphatic rings. The number of hydrogen-bond acceptors (Lipinski definition) is 12. The van der Waals surface area contributed by atoms with Crippen molar-refractivity contribution < 1.29 is 45.4 Å². The smallest absolute Gasteiger partial charge is 0.422 e. The minimum atomic E-state index is -4.63. The number of amides is 3. The van der Waals surface area contributed by atoms with Crippen molar-refractivity contribution in [1.82, 2.24) is 29.9 Å². The van der Waals surface area contributed by atoms with Gasteiger partial charge in [0.05, 0.1) is 16.7 Å². The molecule has 2 fully saturated rings. The molecule has 2 unspecified atom stereocenters.